The maximum absolute atomic E-state index is 10.9. The van der Waals surface area contributed by atoms with E-state index in [0.717, 1.165) is 35.7 Å². The van der Waals surface area contributed by atoms with Gasteiger partial charge in [0.2, 0.25) is 0 Å². The van der Waals surface area contributed by atoms with Gasteiger partial charge in [0.25, 0.3) is 0 Å². The van der Waals surface area contributed by atoms with Crippen LogP contribution in [0.5, 0.6) is 0 Å². The van der Waals surface area contributed by atoms with Crippen molar-refractivity contribution in [2.24, 2.45) is 0 Å². The average molecular weight is 229 g/mol. The molecular weight excluding hydrogens is 214 g/mol. The van der Waals surface area contributed by atoms with Crippen LogP contribution >= 0.6 is 0 Å². The predicted octanol–water partition coefficient (Wildman–Crippen LogP) is 3.28. The first-order valence-electron chi connectivity index (χ1n) is 5.83. The van der Waals surface area contributed by atoms with Crippen LogP contribution in [0.1, 0.15) is 35.8 Å². The quantitative estimate of drug-likeness (QED) is 0.875. The normalized spacial score (nSPS) is 10.6. The predicted molar refractivity (Wildman–Crippen MR) is 67.3 cm³/mol. The van der Waals surface area contributed by atoms with E-state index in [0.29, 0.717) is 5.56 Å². The van der Waals surface area contributed by atoms with Gasteiger partial charge in [0.1, 0.15) is 0 Å². The minimum Gasteiger partial charge on any atom is -0.478 e. The van der Waals surface area contributed by atoms with Crippen molar-refractivity contribution in [2.75, 3.05) is 0 Å². The van der Waals surface area contributed by atoms with Gasteiger partial charge in [0, 0.05) is 17.3 Å². The van der Waals surface area contributed by atoms with E-state index in [-0.39, 0.29) is 0 Å². The van der Waals surface area contributed by atoms with Gasteiger partial charge in [-0.3, -0.25) is 4.98 Å². The van der Waals surface area contributed by atoms with Gasteiger partial charge in [0.05, 0.1) is 5.56 Å². The van der Waals surface area contributed by atoms with Crippen LogP contribution < -0.4 is 0 Å². The fraction of sp³-hybridized carbons (Fsp3) is 0.286. The molecule has 0 unspecified atom stereocenters. The highest BCUT2D eigenvalue weighted by molar-refractivity contribution is 5.95. The van der Waals surface area contributed by atoms with Crippen LogP contribution in [0.4, 0.5) is 0 Å². The lowest BCUT2D eigenvalue weighted by Crippen LogP contribution is -1.98. The molecule has 88 valence electrons. The van der Waals surface area contributed by atoms with Crippen LogP contribution in [-0.2, 0) is 6.42 Å². The molecule has 0 aliphatic heterocycles. The minimum atomic E-state index is -0.891. The monoisotopic (exact) mass is 229 g/mol. The zero-order valence-corrected chi connectivity index (χ0v) is 9.81. The molecule has 0 atom stereocenters. The van der Waals surface area contributed by atoms with Gasteiger partial charge < -0.3 is 5.11 Å². The molecule has 1 N–H and O–H groups in total. The van der Waals surface area contributed by atoms with Crippen molar-refractivity contribution in [2.45, 2.75) is 26.2 Å². The van der Waals surface area contributed by atoms with E-state index in [1.165, 1.54) is 0 Å². The number of aryl methyl sites for hydroxylation is 1. The Morgan fingerprint density at radius 2 is 2.18 bits per heavy atom. The Morgan fingerprint density at radius 3 is 2.88 bits per heavy atom. The summed E-state index contributed by atoms with van der Waals surface area (Å²) in [7, 11) is 0. The first-order valence-corrected chi connectivity index (χ1v) is 5.83. The second-order valence-electron chi connectivity index (χ2n) is 4.10. The summed E-state index contributed by atoms with van der Waals surface area (Å²) in [6, 6.07) is 7.11. The lowest BCUT2D eigenvalue weighted by molar-refractivity contribution is 0.0697. The maximum atomic E-state index is 10.9. The highest BCUT2D eigenvalue weighted by Crippen LogP contribution is 2.20. The Balaban J connectivity index is 2.51. The van der Waals surface area contributed by atoms with Crippen molar-refractivity contribution in [1.29, 1.82) is 0 Å². The summed E-state index contributed by atoms with van der Waals surface area (Å²) in [5.41, 5.74) is 1.32. The number of aromatic carboxylic acids is 1. The molecule has 3 heteroatoms. The van der Waals surface area contributed by atoms with E-state index >= 15 is 0 Å². The van der Waals surface area contributed by atoms with Gasteiger partial charge in [-0.15, -0.1) is 0 Å². The number of aromatic nitrogens is 1. The van der Waals surface area contributed by atoms with Gasteiger partial charge in [0.15, 0.2) is 0 Å². The summed E-state index contributed by atoms with van der Waals surface area (Å²) >= 11 is 0. The Bertz CT molecular complexity index is 549. The van der Waals surface area contributed by atoms with Gasteiger partial charge in [-0.25, -0.2) is 4.79 Å². The molecule has 0 radical (unpaired) electrons. The molecule has 2 rings (SSSR count). The highest BCUT2D eigenvalue weighted by Gasteiger charge is 2.07. The molecule has 1 heterocycles. The fourth-order valence-corrected chi connectivity index (χ4v) is 1.91. The summed E-state index contributed by atoms with van der Waals surface area (Å²) in [4.78, 5) is 15.3. The van der Waals surface area contributed by atoms with Crippen molar-refractivity contribution < 1.29 is 9.90 Å². The zero-order chi connectivity index (χ0) is 12.3. The molecule has 0 aliphatic rings. The van der Waals surface area contributed by atoms with E-state index in [1.54, 1.807) is 18.3 Å². The summed E-state index contributed by atoms with van der Waals surface area (Å²) in [6.45, 7) is 2.13. The lowest BCUT2D eigenvalue weighted by Gasteiger charge is -2.05. The van der Waals surface area contributed by atoms with Gasteiger partial charge in [-0.05, 0) is 36.4 Å². The standard InChI is InChI=1S/C14H15NO2/c1-2-3-4-13-12-9-11(14(16)17)6-5-10(12)7-8-15-13/h5-9H,2-4H2,1H3,(H,16,17). The van der Waals surface area contributed by atoms with Gasteiger partial charge in [-0.1, -0.05) is 19.4 Å². The van der Waals surface area contributed by atoms with Crippen LogP contribution in [0.2, 0.25) is 0 Å². The Hall–Kier alpha value is -1.90. The Kier molecular flexibility index (Phi) is 3.38. The molecule has 3 nitrogen and oxygen atoms in total. The molecule has 0 aliphatic carbocycles. The third-order valence-corrected chi connectivity index (χ3v) is 2.86. The third kappa shape index (κ3) is 2.44. The number of benzene rings is 1. The second kappa shape index (κ2) is 4.95. The minimum absolute atomic E-state index is 0.322. The van der Waals surface area contributed by atoms with Crippen molar-refractivity contribution >= 4 is 16.7 Å². The molecule has 17 heavy (non-hydrogen) atoms. The molecule has 2 aromatic rings. The van der Waals surface area contributed by atoms with Crippen molar-refractivity contribution in [1.82, 2.24) is 4.98 Å². The molecule has 0 saturated heterocycles. The number of hydrogen-bond acceptors (Lipinski definition) is 2. The number of carbonyl (C=O) groups is 1. The van der Waals surface area contributed by atoms with Crippen molar-refractivity contribution in [3.8, 4) is 0 Å². The van der Waals surface area contributed by atoms with E-state index in [9.17, 15) is 4.79 Å². The number of carboxylic acids is 1. The van der Waals surface area contributed by atoms with Gasteiger partial charge in [-0.2, -0.15) is 0 Å². The van der Waals surface area contributed by atoms with Crippen LogP contribution in [-0.4, -0.2) is 16.1 Å². The largest absolute Gasteiger partial charge is 0.478 e. The molecule has 0 fully saturated rings. The van der Waals surface area contributed by atoms with E-state index in [1.807, 2.05) is 12.1 Å². The van der Waals surface area contributed by atoms with Crippen LogP contribution in [0.15, 0.2) is 30.5 Å². The third-order valence-electron chi connectivity index (χ3n) is 2.86. The number of rotatable bonds is 4. The van der Waals surface area contributed by atoms with Crippen molar-refractivity contribution in [3.63, 3.8) is 0 Å². The highest BCUT2D eigenvalue weighted by atomic mass is 16.4. The maximum Gasteiger partial charge on any atom is 0.335 e. The van der Waals surface area contributed by atoms with Crippen LogP contribution in [0.25, 0.3) is 10.8 Å². The SMILES string of the molecule is CCCCc1nccc2ccc(C(=O)O)cc12. The Morgan fingerprint density at radius 1 is 1.35 bits per heavy atom. The molecule has 1 aromatic heterocycles. The van der Waals surface area contributed by atoms with E-state index < -0.39 is 5.97 Å². The fourth-order valence-electron chi connectivity index (χ4n) is 1.91. The molecule has 0 bridgehead atoms. The van der Waals surface area contributed by atoms with Crippen LogP contribution in [0.3, 0.4) is 0 Å². The lowest BCUT2D eigenvalue weighted by atomic mass is 10.0. The first kappa shape index (κ1) is 11.6. The van der Waals surface area contributed by atoms with Crippen LogP contribution in [0, 0.1) is 0 Å². The zero-order valence-electron chi connectivity index (χ0n) is 9.81. The smallest absolute Gasteiger partial charge is 0.335 e. The molecule has 0 spiro atoms. The number of pyridine rings is 1. The topological polar surface area (TPSA) is 50.2 Å². The number of nitrogens with zero attached hydrogens (tertiary/aromatic N) is 1. The Labute approximate surface area is 100 Å². The van der Waals surface area contributed by atoms with Crippen molar-refractivity contribution in [3.05, 3.63) is 41.7 Å². The summed E-state index contributed by atoms with van der Waals surface area (Å²) in [5, 5.41) is 11.0. The molecule has 0 amide bonds. The van der Waals surface area contributed by atoms with E-state index in [2.05, 4.69) is 11.9 Å². The average Bonchev–Trinajstić information content (AvgIpc) is 2.35. The number of hydrogen-bond donors (Lipinski definition) is 1. The second-order valence-corrected chi connectivity index (χ2v) is 4.10. The molecular formula is C14H15NO2. The summed E-state index contributed by atoms with van der Waals surface area (Å²) < 4.78 is 0. The number of unbranched alkanes of at least 4 members (excludes halogenated alkanes) is 1. The molecule has 1 aromatic carbocycles. The summed E-state index contributed by atoms with van der Waals surface area (Å²) in [5.74, 6) is -0.891. The van der Waals surface area contributed by atoms with Gasteiger partial charge >= 0.3 is 5.97 Å². The molecule has 0 saturated carbocycles. The van der Waals surface area contributed by atoms with E-state index in [4.69, 9.17) is 5.11 Å². The first-order chi connectivity index (χ1) is 8.22. The number of carboxylic acid groups (broad SMARTS) is 1. The number of fused-ring (bicyclic) bond motifs is 1. The summed E-state index contributed by atoms with van der Waals surface area (Å²) in [6.07, 6.45) is 4.87.